The molecule has 3 aromatic heterocycles. The maximum Gasteiger partial charge on any atom is 0.178 e. The van der Waals surface area contributed by atoms with Crippen molar-refractivity contribution in [1.82, 2.24) is 35.0 Å². The number of pyridine rings is 1. The number of fused-ring (bicyclic) bond motifs is 2. The third-order valence-corrected chi connectivity index (χ3v) is 4.10. The number of aromatic nitrogens is 7. The van der Waals surface area contributed by atoms with E-state index in [2.05, 4.69) is 59.4 Å². The first-order chi connectivity index (χ1) is 11.5. The fourth-order valence-electron chi connectivity index (χ4n) is 2.84. The molecular weight excluding hydrogens is 302 g/mol. The van der Waals surface area contributed by atoms with Crippen molar-refractivity contribution >= 4 is 22.2 Å². The van der Waals surface area contributed by atoms with Gasteiger partial charge < -0.3 is 0 Å². The van der Waals surface area contributed by atoms with E-state index < -0.39 is 0 Å². The molecule has 0 unspecified atom stereocenters. The summed E-state index contributed by atoms with van der Waals surface area (Å²) in [7, 11) is 0. The van der Waals surface area contributed by atoms with E-state index in [0.29, 0.717) is 0 Å². The summed E-state index contributed by atoms with van der Waals surface area (Å²) in [5.41, 5.74) is 5.61. The lowest BCUT2D eigenvalue weighted by Crippen LogP contribution is -2.03. The molecule has 0 saturated heterocycles. The molecule has 0 aliphatic rings. The molecule has 4 aromatic rings. The van der Waals surface area contributed by atoms with E-state index in [1.54, 1.807) is 0 Å². The van der Waals surface area contributed by atoms with Crippen LogP contribution in [-0.2, 0) is 0 Å². The molecule has 4 rings (SSSR count). The minimum absolute atomic E-state index is 0.233. The van der Waals surface area contributed by atoms with Crippen molar-refractivity contribution in [3.05, 3.63) is 30.5 Å². The zero-order chi connectivity index (χ0) is 16.8. The highest BCUT2D eigenvalue weighted by atomic mass is 15.4. The van der Waals surface area contributed by atoms with Crippen LogP contribution in [0.2, 0.25) is 0 Å². The van der Waals surface area contributed by atoms with E-state index in [0.717, 1.165) is 33.3 Å². The number of rotatable bonds is 3. The third kappa shape index (κ3) is 2.24. The van der Waals surface area contributed by atoms with Crippen molar-refractivity contribution in [1.29, 1.82) is 0 Å². The van der Waals surface area contributed by atoms with E-state index in [4.69, 9.17) is 0 Å². The van der Waals surface area contributed by atoms with Gasteiger partial charge in [-0.1, -0.05) is 16.5 Å². The maximum absolute atomic E-state index is 4.56. The first kappa shape index (κ1) is 14.7. The van der Waals surface area contributed by atoms with Crippen molar-refractivity contribution in [3.63, 3.8) is 0 Å². The molecule has 122 valence electrons. The van der Waals surface area contributed by atoms with Crippen LogP contribution in [0.1, 0.15) is 39.8 Å². The van der Waals surface area contributed by atoms with Crippen LogP contribution in [0.25, 0.3) is 33.3 Å². The lowest BCUT2D eigenvalue weighted by atomic mass is 10.1. The fourth-order valence-corrected chi connectivity index (χ4v) is 2.84. The standard InChI is InChI=1S/C17H19N7/c1-10(2)23-16-8-12(5-6-14(16)19-21-23)13-7-15-17(18-9-13)24(11(3)4)22-20-15/h5-11H,1-4H3. The molecule has 0 spiro atoms. The first-order valence-corrected chi connectivity index (χ1v) is 8.11. The van der Waals surface area contributed by atoms with Gasteiger partial charge in [0.1, 0.15) is 11.0 Å². The normalized spacial score (nSPS) is 12.1. The van der Waals surface area contributed by atoms with Crippen molar-refractivity contribution in [2.24, 2.45) is 0 Å². The molecule has 0 bridgehead atoms. The summed E-state index contributed by atoms with van der Waals surface area (Å²) in [6.07, 6.45) is 1.87. The Morgan fingerprint density at radius 2 is 1.50 bits per heavy atom. The minimum atomic E-state index is 0.233. The van der Waals surface area contributed by atoms with Crippen LogP contribution in [0.5, 0.6) is 0 Å². The molecule has 0 aliphatic heterocycles. The topological polar surface area (TPSA) is 74.3 Å². The SMILES string of the molecule is CC(C)n1nnc2ccc(-c3cnc4c(c3)nnn4C(C)C)cc21. The van der Waals surface area contributed by atoms with Crippen LogP contribution in [-0.4, -0.2) is 35.0 Å². The van der Waals surface area contributed by atoms with Gasteiger partial charge in [0, 0.05) is 17.8 Å². The highest BCUT2D eigenvalue weighted by Crippen LogP contribution is 2.26. The Labute approximate surface area is 139 Å². The van der Waals surface area contributed by atoms with Crippen LogP contribution in [0.15, 0.2) is 30.5 Å². The van der Waals surface area contributed by atoms with Gasteiger partial charge in [0.2, 0.25) is 0 Å². The Morgan fingerprint density at radius 3 is 2.25 bits per heavy atom. The second-order valence-corrected chi connectivity index (χ2v) is 6.53. The predicted octanol–water partition coefficient (Wildman–Crippen LogP) is 3.40. The molecule has 0 atom stereocenters. The molecule has 0 fully saturated rings. The van der Waals surface area contributed by atoms with Gasteiger partial charge in [-0.15, -0.1) is 10.2 Å². The summed E-state index contributed by atoms with van der Waals surface area (Å²) in [6, 6.07) is 8.65. The average Bonchev–Trinajstić information content (AvgIpc) is 3.17. The van der Waals surface area contributed by atoms with Crippen molar-refractivity contribution in [2.45, 2.75) is 39.8 Å². The second kappa shape index (κ2) is 5.36. The monoisotopic (exact) mass is 321 g/mol. The lowest BCUT2D eigenvalue weighted by molar-refractivity contribution is 0.526. The van der Waals surface area contributed by atoms with Gasteiger partial charge in [-0.05, 0) is 51.5 Å². The molecule has 7 nitrogen and oxygen atoms in total. The molecule has 1 aromatic carbocycles. The van der Waals surface area contributed by atoms with Crippen LogP contribution in [0.4, 0.5) is 0 Å². The summed E-state index contributed by atoms with van der Waals surface area (Å²) < 4.78 is 3.76. The van der Waals surface area contributed by atoms with E-state index in [1.165, 1.54) is 0 Å². The van der Waals surface area contributed by atoms with E-state index >= 15 is 0 Å². The van der Waals surface area contributed by atoms with Gasteiger partial charge >= 0.3 is 0 Å². The summed E-state index contributed by atoms with van der Waals surface area (Å²) in [4.78, 5) is 4.56. The molecular formula is C17H19N7. The van der Waals surface area contributed by atoms with Crippen LogP contribution >= 0.6 is 0 Å². The Hall–Kier alpha value is -2.83. The smallest absolute Gasteiger partial charge is 0.178 e. The van der Waals surface area contributed by atoms with Gasteiger partial charge in [-0.2, -0.15) is 0 Å². The van der Waals surface area contributed by atoms with Crippen molar-refractivity contribution < 1.29 is 0 Å². The summed E-state index contributed by atoms with van der Waals surface area (Å²) >= 11 is 0. The van der Waals surface area contributed by atoms with Gasteiger partial charge in [-0.25, -0.2) is 14.3 Å². The molecule has 0 saturated carbocycles. The van der Waals surface area contributed by atoms with Crippen LogP contribution in [0.3, 0.4) is 0 Å². The summed E-state index contributed by atoms with van der Waals surface area (Å²) in [6.45, 7) is 8.33. The highest BCUT2D eigenvalue weighted by Gasteiger charge is 2.12. The first-order valence-electron chi connectivity index (χ1n) is 8.11. The van der Waals surface area contributed by atoms with Crippen molar-refractivity contribution in [3.8, 4) is 11.1 Å². The number of benzene rings is 1. The van der Waals surface area contributed by atoms with E-state index in [1.807, 2.05) is 33.8 Å². The van der Waals surface area contributed by atoms with Gasteiger partial charge in [0.05, 0.1) is 11.6 Å². The molecule has 0 amide bonds. The summed E-state index contributed by atoms with van der Waals surface area (Å²) in [5, 5.41) is 16.9. The Kier molecular flexibility index (Phi) is 3.30. The number of hydrogen-bond acceptors (Lipinski definition) is 5. The largest absolute Gasteiger partial charge is 0.242 e. The highest BCUT2D eigenvalue weighted by molar-refractivity contribution is 5.84. The van der Waals surface area contributed by atoms with E-state index in [9.17, 15) is 0 Å². The fraction of sp³-hybridized carbons (Fsp3) is 0.353. The zero-order valence-electron chi connectivity index (χ0n) is 14.2. The molecule has 24 heavy (non-hydrogen) atoms. The third-order valence-electron chi connectivity index (χ3n) is 4.10. The molecule has 0 N–H and O–H groups in total. The van der Waals surface area contributed by atoms with E-state index in [-0.39, 0.29) is 12.1 Å². The Balaban J connectivity index is 1.84. The van der Waals surface area contributed by atoms with Crippen LogP contribution in [0, 0.1) is 0 Å². The lowest BCUT2D eigenvalue weighted by Gasteiger charge is -2.07. The quantitative estimate of drug-likeness (QED) is 0.578. The Bertz CT molecular complexity index is 1030. The summed E-state index contributed by atoms with van der Waals surface area (Å²) in [5.74, 6) is 0. The maximum atomic E-state index is 4.56. The van der Waals surface area contributed by atoms with Gasteiger partial charge in [0.15, 0.2) is 5.65 Å². The minimum Gasteiger partial charge on any atom is -0.242 e. The molecule has 0 radical (unpaired) electrons. The molecule has 7 heteroatoms. The predicted molar refractivity (Wildman–Crippen MR) is 92.6 cm³/mol. The number of nitrogens with zero attached hydrogens (tertiary/aromatic N) is 7. The molecule has 3 heterocycles. The average molecular weight is 321 g/mol. The van der Waals surface area contributed by atoms with Crippen LogP contribution < -0.4 is 0 Å². The zero-order valence-corrected chi connectivity index (χ0v) is 14.2. The second-order valence-electron chi connectivity index (χ2n) is 6.53. The van der Waals surface area contributed by atoms with Gasteiger partial charge in [-0.3, -0.25) is 0 Å². The van der Waals surface area contributed by atoms with Crippen molar-refractivity contribution in [2.75, 3.05) is 0 Å². The Morgan fingerprint density at radius 1 is 0.792 bits per heavy atom. The number of hydrogen-bond donors (Lipinski definition) is 0. The van der Waals surface area contributed by atoms with Gasteiger partial charge in [0.25, 0.3) is 0 Å². The molecule has 0 aliphatic carbocycles.